The van der Waals surface area contributed by atoms with E-state index in [1.54, 1.807) is 0 Å². The average molecular weight is 281 g/mol. The van der Waals surface area contributed by atoms with Crippen molar-refractivity contribution in [2.24, 2.45) is 0 Å². The monoisotopic (exact) mass is 280 g/mol. The van der Waals surface area contributed by atoms with Gasteiger partial charge in [0.15, 0.2) is 5.82 Å². The molecule has 0 atom stereocenters. The number of hydrogen-bond acceptors (Lipinski definition) is 2. The molecule has 1 aromatic heterocycles. The highest BCUT2D eigenvalue weighted by Crippen LogP contribution is 2.28. The lowest BCUT2D eigenvalue weighted by Crippen LogP contribution is -2.09. The van der Waals surface area contributed by atoms with Crippen LogP contribution in [0.1, 0.15) is 24.1 Å². The van der Waals surface area contributed by atoms with Gasteiger partial charge in [-0.05, 0) is 37.8 Å². The number of nitrogens with zero attached hydrogens (tertiary/aromatic N) is 2. The number of hydrogen-bond donors (Lipinski definition) is 0. The van der Waals surface area contributed by atoms with Gasteiger partial charge >= 0.3 is 0 Å². The van der Waals surface area contributed by atoms with Crippen LogP contribution in [0.2, 0.25) is 5.15 Å². The molecule has 98 valence electrons. The molecule has 0 radical (unpaired) electrons. The summed E-state index contributed by atoms with van der Waals surface area (Å²) >= 11 is 6.14. The van der Waals surface area contributed by atoms with Crippen LogP contribution in [0.15, 0.2) is 18.2 Å². The van der Waals surface area contributed by atoms with Crippen LogP contribution in [-0.4, -0.2) is 9.97 Å². The van der Waals surface area contributed by atoms with Gasteiger partial charge < -0.3 is 0 Å². The Morgan fingerprint density at radius 3 is 2.37 bits per heavy atom. The maximum Gasteiger partial charge on any atom is 0.161 e. The molecule has 0 aliphatic heterocycles. The third kappa shape index (κ3) is 2.45. The molecule has 0 fully saturated rings. The van der Waals surface area contributed by atoms with Gasteiger partial charge in [0, 0.05) is 22.9 Å². The molecular weight excluding hydrogens is 270 g/mol. The molecule has 0 bridgehead atoms. The van der Waals surface area contributed by atoms with Crippen LogP contribution in [0, 0.1) is 11.6 Å². The topological polar surface area (TPSA) is 25.8 Å². The lowest BCUT2D eigenvalue weighted by Gasteiger charge is -2.16. The summed E-state index contributed by atoms with van der Waals surface area (Å²) in [5.41, 5.74) is 2.17. The Morgan fingerprint density at radius 2 is 1.63 bits per heavy atom. The number of rotatable bonds is 1. The van der Waals surface area contributed by atoms with Crippen molar-refractivity contribution in [3.63, 3.8) is 0 Å². The molecule has 1 aromatic carbocycles. The fourth-order valence-corrected chi connectivity index (χ4v) is 2.64. The Labute approximate surface area is 114 Å². The van der Waals surface area contributed by atoms with Gasteiger partial charge in [-0.2, -0.15) is 0 Å². The Bertz CT molecular complexity index is 623. The summed E-state index contributed by atoms with van der Waals surface area (Å²) in [6.07, 6.45) is 3.83. The largest absolute Gasteiger partial charge is 0.233 e. The van der Waals surface area contributed by atoms with E-state index in [0.717, 1.165) is 43.0 Å². The Kier molecular flexibility index (Phi) is 3.19. The normalized spacial score (nSPS) is 14.3. The predicted molar refractivity (Wildman–Crippen MR) is 69.0 cm³/mol. The summed E-state index contributed by atoms with van der Waals surface area (Å²) in [6.45, 7) is 0. The van der Waals surface area contributed by atoms with E-state index in [9.17, 15) is 8.78 Å². The Balaban J connectivity index is 2.12. The molecule has 0 N–H and O–H groups in total. The van der Waals surface area contributed by atoms with Crippen molar-refractivity contribution in [1.29, 1.82) is 0 Å². The summed E-state index contributed by atoms with van der Waals surface area (Å²) in [4.78, 5) is 8.56. The summed E-state index contributed by atoms with van der Waals surface area (Å²) in [7, 11) is 0. The number of aryl methyl sites for hydroxylation is 1. The van der Waals surface area contributed by atoms with Gasteiger partial charge in [-0.3, -0.25) is 0 Å². The smallest absolute Gasteiger partial charge is 0.161 e. The maximum absolute atomic E-state index is 13.2. The van der Waals surface area contributed by atoms with Crippen molar-refractivity contribution in [2.75, 3.05) is 0 Å². The van der Waals surface area contributed by atoms with E-state index < -0.39 is 11.6 Å². The zero-order chi connectivity index (χ0) is 13.4. The first-order valence-corrected chi connectivity index (χ1v) is 6.53. The van der Waals surface area contributed by atoms with Crippen LogP contribution in [-0.2, 0) is 12.8 Å². The molecule has 0 spiro atoms. The Hall–Kier alpha value is -1.55. The van der Waals surface area contributed by atoms with Crippen LogP contribution in [0.25, 0.3) is 11.4 Å². The molecule has 1 aliphatic rings. The van der Waals surface area contributed by atoms with Crippen molar-refractivity contribution in [1.82, 2.24) is 9.97 Å². The zero-order valence-corrected chi connectivity index (χ0v) is 10.8. The SMILES string of the molecule is Fc1cc(F)cc(-c2nc(Cl)c3c(n2)CCCC3)c1. The Morgan fingerprint density at radius 1 is 0.947 bits per heavy atom. The second-order valence-corrected chi connectivity index (χ2v) is 4.99. The lowest BCUT2D eigenvalue weighted by molar-refractivity contribution is 0.584. The van der Waals surface area contributed by atoms with Crippen LogP contribution >= 0.6 is 11.6 Å². The highest BCUT2D eigenvalue weighted by atomic mass is 35.5. The number of fused-ring (bicyclic) bond motifs is 1. The molecule has 19 heavy (non-hydrogen) atoms. The molecule has 3 rings (SSSR count). The first-order valence-electron chi connectivity index (χ1n) is 6.15. The molecular formula is C14H11ClF2N2. The highest BCUT2D eigenvalue weighted by molar-refractivity contribution is 6.30. The van der Waals surface area contributed by atoms with Crippen LogP contribution in [0.4, 0.5) is 8.78 Å². The van der Waals surface area contributed by atoms with Gasteiger partial charge in [0.05, 0.1) is 0 Å². The van der Waals surface area contributed by atoms with Crippen LogP contribution in [0.5, 0.6) is 0 Å². The first kappa shape index (κ1) is 12.5. The molecule has 5 heteroatoms. The lowest BCUT2D eigenvalue weighted by atomic mass is 9.97. The van der Waals surface area contributed by atoms with Crippen molar-refractivity contribution in [2.45, 2.75) is 25.7 Å². The summed E-state index contributed by atoms with van der Waals surface area (Å²) in [5, 5.41) is 0.393. The van der Waals surface area contributed by atoms with Crippen molar-refractivity contribution in [3.8, 4) is 11.4 Å². The molecule has 0 unspecified atom stereocenters. The van der Waals surface area contributed by atoms with Gasteiger partial charge in [0.1, 0.15) is 16.8 Å². The number of aromatic nitrogens is 2. The first-order chi connectivity index (χ1) is 9.13. The van der Waals surface area contributed by atoms with Crippen molar-refractivity contribution >= 4 is 11.6 Å². The minimum atomic E-state index is -0.646. The fraction of sp³-hybridized carbons (Fsp3) is 0.286. The number of benzene rings is 1. The second-order valence-electron chi connectivity index (χ2n) is 4.63. The zero-order valence-electron chi connectivity index (χ0n) is 10.1. The minimum Gasteiger partial charge on any atom is -0.233 e. The predicted octanol–water partition coefficient (Wildman–Crippen LogP) is 3.95. The van der Waals surface area contributed by atoms with Crippen molar-refractivity contribution < 1.29 is 8.78 Å². The van der Waals surface area contributed by atoms with E-state index in [4.69, 9.17) is 11.6 Å². The van der Waals surface area contributed by atoms with Gasteiger partial charge in [0.2, 0.25) is 0 Å². The standard InChI is InChI=1S/C14H11ClF2N2/c15-13-11-3-1-2-4-12(11)18-14(19-13)8-5-9(16)7-10(17)6-8/h5-7H,1-4H2. The molecule has 2 nitrogen and oxygen atoms in total. The van der Waals surface area contributed by atoms with Crippen molar-refractivity contribution in [3.05, 3.63) is 46.2 Å². The van der Waals surface area contributed by atoms with Gasteiger partial charge in [0.25, 0.3) is 0 Å². The molecule has 0 saturated carbocycles. The van der Waals surface area contributed by atoms with Gasteiger partial charge in [-0.15, -0.1) is 0 Å². The van der Waals surface area contributed by atoms with E-state index in [1.807, 2.05) is 0 Å². The van der Waals surface area contributed by atoms with E-state index in [2.05, 4.69) is 9.97 Å². The van der Waals surface area contributed by atoms with E-state index >= 15 is 0 Å². The molecule has 1 aliphatic carbocycles. The van der Waals surface area contributed by atoms with Crippen LogP contribution < -0.4 is 0 Å². The van der Waals surface area contributed by atoms with E-state index in [0.29, 0.717) is 10.7 Å². The highest BCUT2D eigenvalue weighted by Gasteiger charge is 2.17. The molecule has 1 heterocycles. The molecule has 0 amide bonds. The third-order valence-corrected chi connectivity index (χ3v) is 3.57. The third-order valence-electron chi connectivity index (χ3n) is 3.25. The molecule has 0 saturated heterocycles. The second kappa shape index (κ2) is 4.85. The molecule has 2 aromatic rings. The minimum absolute atomic E-state index is 0.282. The summed E-state index contributed by atoms with van der Waals surface area (Å²) in [5.74, 6) is -1.01. The van der Waals surface area contributed by atoms with E-state index in [1.165, 1.54) is 12.1 Å². The average Bonchev–Trinajstić information content (AvgIpc) is 2.37. The fourth-order valence-electron chi connectivity index (χ4n) is 2.36. The van der Waals surface area contributed by atoms with Gasteiger partial charge in [-0.25, -0.2) is 18.7 Å². The van der Waals surface area contributed by atoms with Crippen LogP contribution in [0.3, 0.4) is 0 Å². The summed E-state index contributed by atoms with van der Waals surface area (Å²) in [6, 6.07) is 3.25. The summed E-state index contributed by atoms with van der Waals surface area (Å²) < 4.78 is 26.4. The quantitative estimate of drug-likeness (QED) is 0.739. The van der Waals surface area contributed by atoms with Gasteiger partial charge in [-0.1, -0.05) is 11.6 Å². The number of halogens is 3. The maximum atomic E-state index is 13.2. The van der Waals surface area contributed by atoms with E-state index in [-0.39, 0.29) is 5.82 Å².